The fourth-order valence-corrected chi connectivity index (χ4v) is 2.07. The number of urea groups is 1. The second kappa shape index (κ2) is 5.05. The largest absolute Gasteiger partial charge is 0.340 e. The lowest BCUT2D eigenvalue weighted by atomic mass is 10.1. The normalized spacial score (nSPS) is 13.4. The number of hydrogen-bond acceptors (Lipinski definition) is 2. The molecule has 3 amide bonds. The molecule has 0 saturated carbocycles. The number of nitrogens with zero attached hydrogens (tertiary/aromatic N) is 1. The Morgan fingerprint density at radius 3 is 2.55 bits per heavy atom. The van der Waals surface area contributed by atoms with E-state index in [-0.39, 0.29) is 11.9 Å². The zero-order valence-electron chi connectivity index (χ0n) is 10.7. The number of benzene rings is 2. The SMILES string of the molecule is O=C(NN1Cc2ccccc2NC1=O)c1ccccc1. The number of amides is 3. The van der Waals surface area contributed by atoms with Gasteiger partial charge in [0.1, 0.15) is 0 Å². The molecule has 0 unspecified atom stereocenters. The van der Waals surface area contributed by atoms with E-state index in [9.17, 15) is 9.59 Å². The average Bonchev–Trinajstić information content (AvgIpc) is 2.49. The van der Waals surface area contributed by atoms with Gasteiger partial charge in [-0.1, -0.05) is 36.4 Å². The lowest BCUT2D eigenvalue weighted by Gasteiger charge is -2.29. The minimum Gasteiger partial charge on any atom is -0.306 e. The van der Waals surface area contributed by atoms with E-state index in [1.165, 1.54) is 5.01 Å². The lowest BCUT2D eigenvalue weighted by Crippen LogP contribution is -2.49. The zero-order valence-corrected chi connectivity index (χ0v) is 10.7. The second-order valence-corrected chi connectivity index (χ2v) is 4.48. The number of rotatable bonds is 2. The van der Waals surface area contributed by atoms with Gasteiger partial charge in [0.2, 0.25) is 0 Å². The smallest absolute Gasteiger partial charge is 0.306 e. The summed E-state index contributed by atoms with van der Waals surface area (Å²) in [6.07, 6.45) is 0. The van der Waals surface area contributed by atoms with E-state index in [1.54, 1.807) is 24.3 Å². The van der Waals surface area contributed by atoms with Crippen molar-refractivity contribution in [3.8, 4) is 0 Å². The summed E-state index contributed by atoms with van der Waals surface area (Å²) in [5, 5.41) is 4.01. The Morgan fingerprint density at radius 1 is 1.05 bits per heavy atom. The second-order valence-electron chi connectivity index (χ2n) is 4.48. The maximum absolute atomic E-state index is 12.0. The van der Waals surface area contributed by atoms with Crippen molar-refractivity contribution < 1.29 is 9.59 Å². The lowest BCUT2D eigenvalue weighted by molar-refractivity contribution is 0.0826. The van der Waals surface area contributed by atoms with Crippen LogP contribution in [0.2, 0.25) is 0 Å². The van der Waals surface area contributed by atoms with Crippen LogP contribution >= 0.6 is 0 Å². The molecular formula is C15H13N3O2. The first kappa shape index (κ1) is 12.2. The molecule has 2 aromatic rings. The number of hydrazine groups is 1. The third-order valence-electron chi connectivity index (χ3n) is 3.11. The van der Waals surface area contributed by atoms with Crippen LogP contribution in [0.1, 0.15) is 15.9 Å². The molecule has 1 heterocycles. The van der Waals surface area contributed by atoms with Crippen LogP contribution in [0.25, 0.3) is 0 Å². The summed E-state index contributed by atoms with van der Waals surface area (Å²) in [5.41, 5.74) is 4.86. The van der Waals surface area contributed by atoms with Gasteiger partial charge in [-0.15, -0.1) is 0 Å². The highest BCUT2D eigenvalue weighted by Gasteiger charge is 2.23. The van der Waals surface area contributed by atoms with Crippen LogP contribution in [-0.4, -0.2) is 16.9 Å². The molecule has 1 aliphatic rings. The molecule has 5 heteroatoms. The molecule has 3 rings (SSSR count). The molecule has 0 atom stereocenters. The van der Waals surface area contributed by atoms with E-state index in [4.69, 9.17) is 0 Å². The zero-order chi connectivity index (χ0) is 13.9. The van der Waals surface area contributed by atoms with Gasteiger partial charge in [0, 0.05) is 11.3 Å². The standard InChI is InChI=1S/C15H13N3O2/c19-14(11-6-2-1-3-7-11)17-18-10-12-8-4-5-9-13(12)16-15(18)20/h1-9H,10H2,(H,16,20)(H,17,19). The summed E-state index contributed by atoms with van der Waals surface area (Å²) in [4.78, 5) is 24.0. The van der Waals surface area contributed by atoms with Gasteiger partial charge in [0.05, 0.1) is 6.54 Å². The van der Waals surface area contributed by atoms with Crippen molar-refractivity contribution >= 4 is 17.6 Å². The van der Waals surface area contributed by atoms with Crippen molar-refractivity contribution in [2.45, 2.75) is 6.54 Å². The Morgan fingerprint density at radius 2 is 1.75 bits per heavy atom. The first-order valence-electron chi connectivity index (χ1n) is 6.26. The number of para-hydroxylation sites is 1. The third-order valence-corrected chi connectivity index (χ3v) is 3.11. The van der Waals surface area contributed by atoms with Gasteiger partial charge in [-0.2, -0.15) is 0 Å². The van der Waals surface area contributed by atoms with Crippen LogP contribution in [0, 0.1) is 0 Å². The molecule has 20 heavy (non-hydrogen) atoms. The number of anilines is 1. The Bertz CT molecular complexity index is 655. The Hall–Kier alpha value is -2.82. The maximum atomic E-state index is 12.0. The third kappa shape index (κ3) is 2.33. The molecule has 0 saturated heterocycles. The molecule has 1 aliphatic heterocycles. The van der Waals surface area contributed by atoms with E-state index < -0.39 is 0 Å². The monoisotopic (exact) mass is 267 g/mol. The minimum atomic E-state index is -0.340. The first-order chi connectivity index (χ1) is 9.74. The predicted octanol–water partition coefficient (Wildman–Crippen LogP) is 2.38. The Labute approximate surface area is 116 Å². The van der Waals surface area contributed by atoms with Crippen molar-refractivity contribution in [1.29, 1.82) is 0 Å². The summed E-state index contributed by atoms with van der Waals surface area (Å²) >= 11 is 0. The predicted molar refractivity (Wildman–Crippen MR) is 74.9 cm³/mol. The van der Waals surface area contributed by atoms with Crippen molar-refractivity contribution in [3.05, 3.63) is 65.7 Å². The highest BCUT2D eigenvalue weighted by molar-refractivity contribution is 5.98. The quantitative estimate of drug-likeness (QED) is 0.877. The van der Waals surface area contributed by atoms with Crippen LogP contribution in [-0.2, 0) is 6.54 Å². The van der Waals surface area contributed by atoms with Gasteiger partial charge in [-0.05, 0) is 23.8 Å². The maximum Gasteiger partial charge on any atom is 0.340 e. The van der Waals surface area contributed by atoms with E-state index in [0.29, 0.717) is 12.1 Å². The highest BCUT2D eigenvalue weighted by Crippen LogP contribution is 2.21. The van der Waals surface area contributed by atoms with Gasteiger partial charge in [0.15, 0.2) is 0 Å². The molecule has 2 aromatic carbocycles. The molecule has 2 N–H and O–H groups in total. The molecule has 0 aromatic heterocycles. The number of carbonyl (C=O) groups excluding carboxylic acids is 2. The first-order valence-corrected chi connectivity index (χ1v) is 6.26. The average molecular weight is 267 g/mol. The van der Waals surface area contributed by atoms with Crippen LogP contribution in [0.3, 0.4) is 0 Å². The van der Waals surface area contributed by atoms with Gasteiger partial charge in [-0.25, -0.2) is 9.80 Å². The summed E-state index contributed by atoms with van der Waals surface area (Å²) < 4.78 is 0. The van der Waals surface area contributed by atoms with Crippen molar-refractivity contribution in [2.75, 3.05) is 5.32 Å². The number of fused-ring (bicyclic) bond motifs is 1. The molecule has 0 fully saturated rings. The molecule has 0 aliphatic carbocycles. The Kier molecular flexibility index (Phi) is 3.09. The molecule has 0 radical (unpaired) electrons. The van der Waals surface area contributed by atoms with Crippen molar-refractivity contribution in [2.24, 2.45) is 0 Å². The van der Waals surface area contributed by atoms with Crippen LogP contribution in [0.15, 0.2) is 54.6 Å². The molecule has 0 spiro atoms. The Balaban J connectivity index is 1.76. The van der Waals surface area contributed by atoms with Crippen LogP contribution < -0.4 is 10.7 Å². The van der Waals surface area contributed by atoms with E-state index in [0.717, 1.165) is 11.3 Å². The summed E-state index contributed by atoms with van der Waals surface area (Å²) in [7, 11) is 0. The van der Waals surface area contributed by atoms with Gasteiger partial charge in [0.25, 0.3) is 5.91 Å². The fourth-order valence-electron chi connectivity index (χ4n) is 2.07. The minimum absolute atomic E-state index is 0.305. The van der Waals surface area contributed by atoms with Gasteiger partial charge < -0.3 is 5.32 Å². The van der Waals surface area contributed by atoms with E-state index >= 15 is 0 Å². The molecule has 5 nitrogen and oxygen atoms in total. The summed E-state index contributed by atoms with van der Waals surface area (Å²) in [5.74, 6) is -0.305. The number of carbonyl (C=O) groups is 2. The van der Waals surface area contributed by atoms with Gasteiger partial charge in [-0.3, -0.25) is 10.2 Å². The molecule has 0 bridgehead atoms. The highest BCUT2D eigenvalue weighted by atomic mass is 16.2. The summed E-state index contributed by atoms with van der Waals surface area (Å²) in [6, 6.07) is 16.0. The van der Waals surface area contributed by atoms with Crippen molar-refractivity contribution in [3.63, 3.8) is 0 Å². The van der Waals surface area contributed by atoms with Crippen LogP contribution in [0.5, 0.6) is 0 Å². The topological polar surface area (TPSA) is 61.4 Å². The number of nitrogens with one attached hydrogen (secondary N) is 2. The number of hydrogen-bond donors (Lipinski definition) is 2. The fraction of sp³-hybridized carbons (Fsp3) is 0.0667. The van der Waals surface area contributed by atoms with Crippen molar-refractivity contribution in [1.82, 2.24) is 10.4 Å². The van der Waals surface area contributed by atoms with Gasteiger partial charge >= 0.3 is 6.03 Å². The molecule has 100 valence electrons. The van der Waals surface area contributed by atoms with E-state index in [2.05, 4.69) is 10.7 Å². The molecular weight excluding hydrogens is 254 g/mol. The van der Waals surface area contributed by atoms with E-state index in [1.807, 2.05) is 30.3 Å². The summed E-state index contributed by atoms with van der Waals surface area (Å²) in [6.45, 7) is 0.348. The van der Waals surface area contributed by atoms with Crippen LogP contribution in [0.4, 0.5) is 10.5 Å².